The van der Waals surface area contributed by atoms with Gasteiger partial charge in [0, 0.05) is 19.5 Å². The van der Waals surface area contributed by atoms with Gasteiger partial charge < -0.3 is 30.3 Å². The van der Waals surface area contributed by atoms with E-state index in [1.54, 1.807) is 13.8 Å². The number of fused-ring (bicyclic) bond motifs is 2. The summed E-state index contributed by atoms with van der Waals surface area (Å²) in [6, 6.07) is -8.05. The number of nitrogens with zero attached hydrogens (tertiary/aromatic N) is 4. The number of ether oxygens (including phenoxy) is 2. The Hall–Kier alpha value is -3.99. The van der Waals surface area contributed by atoms with E-state index in [4.69, 9.17) is 9.47 Å². The molecule has 0 aromatic heterocycles. The highest BCUT2D eigenvalue weighted by atomic mass is 16.6. The Balaban J connectivity index is 1.76. The van der Waals surface area contributed by atoms with Gasteiger partial charge in [-0.15, -0.1) is 0 Å². The molecule has 4 aliphatic heterocycles. The summed E-state index contributed by atoms with van der Waals surface area (Å²) in [5.74, 6) is -10.3. The van der Waals surface area contributed by atoms with Crippen molar-refractivity contribution in [1.29, 1.82) is 0 Å². The van der Waals surface area contributed by atoms with Crippen LogP contribution in [0.2, 0.25) is 0 Å². The van der Waals surface area contributed by atoms with Gasteiger partial charge in [0.25, 0.3) is 29.5 Å². The molecule has 8 N–H and O–H groups in total. The fourth-order valence-electron chi connectivity index (χ4n) is 8.06. The molecule has 4 aliphatic rings. The minimum atomic E-state index is -2.70. The molecule has 10 atom stereocenters. The fourth-order valence-corrected chi connectivity index (χ4v) is 8.06. The SMILES string of the molecule is CCC1OC(O)([C@](C)(O)C(=O)NC2C(=O)N3NCCCC3C(=O)N(O)C(C)C(=O)NCC(=O)N3NCCCC3C(=O)N(O)C(C)C(=O)OC2C(C)C)CCC1CCC(C)C. The molecule has 60 heavy (non-hydrogen) atoms. The summed E-state index contributed by atoms with van der Waals surface area (Å²) in [4.78, 5) is 97.0. The Bertz CT molecular complexity index is 1600. The van der Waals surface area contributed by atoms with Gasteiger partial charge in [-0.05, 0) is 83.5 Å². The van der Waals surface area contributed by atoms with E-state index in [9.17, 15) is 54.2 Å². The summed E-state index contributed by atoms with van der Waals surface area (Å²) >= 11 is 0. The number of hydrazine groups is 2. The number of amides is 6. The Labute approximate surface area is 350 Å². The molecule has 4 fully saturated rings. The van der Waals surface area contributed by atoms with Crippen molar-refractivity contribution in [1.82, 2.24) is 41.6 Å². The predicted molar refractivity (Wildman–Crippen MR) is 209 cm³/mol. The van der Waals surface area contributed by atoms with E-state index in [1.807, 2.05) is 6.92 Å². The van der Waals surface area contributed by atoms with Crippen LogP contribution in [0, 0.1) is 17.8 Å². The zero-order chi connectivity index (χ0) is 44.9. The number of hydrogen-bond acceptors (Lipinski definition) is 15. The van der Waals surface area contributed by atoms with Crippen LogP contribution in [-0.2, 0) is 43.0 Å². The highest BCUT2D eigenvalue weighted by molar-refractivity contribution is 5.97. The first kappa shape index (κ1) is 48.7. The van der Waals surface area contributed by atoms with Crippen LogP contribution in [0.15, 0.2) is 0 Å². The lowest BCUT2D eigenvalue weighted by molar-refractivity contribution is -0.328. The summed E-state index contributed by atoms with van der Waals surface area (Å²) in [5, 5.41) is 52.7. The second kappa shape index (κ2) is 20.3. The number of nitrogens with one attached hydrogen (secondary N) is 4. The lowest BCUT2D eigenvalue weighted by Crippen LogP contribution is -2.70. The number of rotatable bonds is 8. The Kier molecular flexibility index (Phi) is 16.4. The lowest BCUT2D eigenvalue weighted by Gasteiger charge is -2.48. The zero-order valence-electron chi connectivity index (χ0n) is 36.0. The Morgan fingerprint density at radius 2 is 1.47 bits per heavy atom. The molecule has 21 heteroatoms. The van der Waals surface area contributed by atoms with Gasteiger partial charge in [0.1, 0.15) is 30.3 Å². The summed E-state index contributed by atoms with van der Waals surface area (Å²) in [6.07, 6.45) is 1.09. The van der Waals surface area contributed by atoms with Crippen LogP contribution in [0.1, 0.15) is 113 Å². The maximum Gasteiger partial charge on any atom is 0.331 e. The first-order valence-electron chi connectivity index (χ1n) is 21.2. The third kappa shape index (κ3) is 10.5. The number of hydrogen-bond donors (Lipinski definition) is 8. The van der Waals surface area contributed by atoms with Crippen LogP contribution in [-0.4, -0.2) is 156 Å². The second-order valence-corrected chi connectivity index (χ2v) is 17.3. The van der Waals surface area contributed by atoms with E-state index in [2.05, 4.69) is 35.3 Å². The highest BCUT2D eigenvalue weighted by Crippen LogP contribution is 2.41. The van der Waals surface area contributed by atoms with E-state index >= 15 is 0 Å². The van der Waals surface area contributed by atoms with E-state index in [0.29, 0.717) is 31.6 Å². The van der Waals surface area contributed by atoms with Gasteiger partial charge in [0.2, 0.25) is 11.7 Å². The molecule has 21 nitrogen and oxygen atoms in total. The standard InChI is InChI=1S/C39H66N8O13/c1-9-28-25(15-14-21(2)3)16-17-39(56,60-28)38(8,55)37(54)43-30-31(22(4)5)59-36(53)24(7)47(58)33(50)26-12-10-18-41-44(26)29(48)20-40-32(49)23(6)46(57)34(51)27-13-11-19-42-45(27)35(30)52/h21-28,30-31,41-42,55-58H,9-20H2,1-8H3,(H,40,49)(H,43,54)/t23?,24?,25?,26?,27?,28?,30?,31?,38-,39?/m1/s1. The molecule has 0 radical (unpaired) electrons. The predicted octanol–water partition coefficient (Wildman–Crippen LogP) is -0.546. The Morgan fingerprint density at radius 1 is 0.900 bits per heavy atom. The van der Waals surface area contributed by atoms with Gasteiger partial charge in [0.05, 0.1) is 12.6 Å². The molecular weight excluding hydrogens is 788 g/mol. The molecule has 0 saturated carbocycles. The van der Waals surface area contributed by atoms with Crippen LogP contribution in [0.3, 0.4) is 0 Å². The summed E-state index contributed by atoms with van der Waals surface area (Å²) in [6.45, 7) is 12.2. The molecule has 0 aliphatic carbocycles. The number of hydroxylamine groups is 4. The molecule has 4 heterocycles. The minimum Gasteiger partial charge on any atom is -0.458 e. The molecule has 0 bridgehead atoms. The van der Waals surface area contributed by atoms with Gasteiger partial charge in [-0.1, -0.05) is 41.0 Å². The van der Waals surface area contributed by atoms with Crippen LogP contribution in [0.25, 0.3) is 0 Å². The zero-order valence-corrected chi connectivity index (χ0v) is 36.0. The van der Waals surface area contributed by atoms with Crippen molar-refractivity contribution in [3.8, 4) is 0 Å². The second-order valence-electron chi connectivity index (χ2n) is 17.3. The van der Waals surface area contributed by atoms with Gasteiger partial charge in [-0.3, -0.25) is 49.2 Å². The van der Waals surface area contributed by atoms with Gasteiger partial charge >= 0.3 is 5.97 Å². The van der Waals surface area contributed by atoms with Crippen molar-refractivity contribution >= 4 is 41.4 Å². The van der Waals surface area contributed by atoms with Gasteiger partial charge in [-0.25, -0.2) is 25.8 Å². The number of carbonyl (C=O) groups excluding carboxylic acids is 7. The normalized spacial score (nSPS) is 33.3. The van der Waals surface area contributed by atoms with Crippen LogP contribution in [0.4, 0.5) is 0 Å². The van der Waals surface area contributed by atoms with Crippen molar-refractivity contribution < 1.29 is 63.7 Å². The smallest absolute Gasteiger partial charge is 0.331 e. The summed E-state index contributed by atoms with van der Waals surface area (Å²) < 4.78 is 11.9. The third-order valence-electron chi connectivity index (χ3n) is 12.1. The maximum atomic E-state index is 14.8. The van der Waals surface area contributed by atoms with Gasteiger partial charge in [-0.2, -0.15) is 0 Å². The van der Waals surface area contributed by atoms with Crippen LogP contribution in [0.5, 0.6) is 0 Å². The summed E-state index contributed by atoms with van der Waals surface area (Å²) in [7, 11) is 0. The third-order valence-corrected chi connectivity index (χ3v) is 12.1. The number of esters is 1. The van der Waals surface area contributed by atoms with Crippen LogP contribution < -0.4 is 21.5 Å². The topological polar surface area (TPSA) is 280 Å². The van der Waals surface area contributed by atoms with E-state index in [-0.39, 0.29) is 48.4 Å². The first-order valence-corrected chi connectivity index (χ1v) is 21.2. The average molecular weight is 855 g/mol. The molecule has 0 spiro atoms. The monoisotopic (exact) mass is 854 g/mol. The van der Waals surface area contributed by atoms with Crippen molar-refractivity contribution in [3.05, 3.63) is 0 Å². The minimum absolute atomic E-state index is 0.0312. The molecule has 9 unspecified atom stereocenters. The highest BCUT2D eigenvalue weighted by Gasteiger charge is 2.57. The molecule has 0 aromatic carbocycles. The molecular formula is C39H66N8O13. The Morgan fingerprint density at radius 3 is 2.03 bits per heavy atom. The van der Waals surface area contributed by atoms with E-state index in [1.165, 1.54) is 6.92 Å². The van der Waals surface area contributed by atoms with Crippen molar-refractivity contribution in [2.24, 2.45) is 17.8 Å². The maximum absolute atomic E-state index is 14.8. The van der Waals surface area contributed by atoms with Crippen molar-refractivity contribution in [3.63, 3.8) is 0 Å². The molecule has 4 rings (SSSR count). The van der Waals surface area contributed by atoms with Gasteiger partial charge in [0.15, 0.2) is 11.6 Å². The molecule has 4 saturated heterocycles. The molecule has 0 aromatic rings. The number of cyclic esters (lactones) is 1. The van der Waals surface area contributed by atoms with Crippen molar-refractivity contribution in [2.75, 3.05) is 19.6 Å². The number of carbonyl (C=O) groups is 7. The summed E-state index contributed by atoms with van der Waals surface area (Å²) in [5.41, 5.74) is 2.86. The van der Waals surface area contributed by atoms with E-state index < -0.39 is 108 Å². The fraction of sp³-hybridized carbons (Fsp3) is 0.821. The first-order chi connectivity index (χ1) is 28.1. The number of aliphatic hydroxyl groups is 2. The van der Waals surface area contributed by atoms with Crippen molar-refractivity contribution in [2.45, 2.75) is 167 Å². The quantitative estimate of drug-likeness (QED) is 0.112. The van der Waals surface area contributed by atoms with Crippen LogP contribution >= 0.6 is 0 Å². The average Bonchev–Trinajstić information content (AvgIpc) is 3.23. The molecule has 340 valence electrons. The molecule has 6 amide bonds. The van der Waals surface area contributed by atoms with E-state index in [0.717, 1.165) is 36.7 Å². The lowest BCUT2D eigenvalue weighted by atomic mass is 9.79. The largest absolute Gasteiger partial charge is 0.458 e.